The van der Waals surface area contributed by atoms with Gasteiger partial charge in [0.2, 0.25) is 5.79 Å². The quantitative estimate of drug-likeness (QED) is 0.196. The van der Waals surface area contributed by atoms with Crippen molar-refractivity contribution in [2.24, 2.45) is 39.8 Å². The summed E-state index contributed by atoms with van der Waals surface area (Å²) in [5.74, 6) is -3.07. The minimum Gasteiger partial charge on any atom is -0.480 e. The van der Waals surface area contributed by atoms with E-state index < -0.39 is 59.4 Å². The van der Waals surface area contributed by atoms with Crippen molar-refractivity contribution in [3.8, 4) is 0 Å². The molecule has 8 aliphatic rings. The van der Waals surface area contributed by atoms with Gasteiger partial charge >= 0.3 is 5.97 Å². The molecular weight excluding hydrogens is 761 g/mol. The normalized spacial score (nSPS) is 48.1. The number of aliphatic hydroxyl groups is 3. The second-order valence-electron chi connectivity index (χ2n) is 20.1. The summed E-state index contributed by atoms with van der Waals surface area (Å²) in [6.45, 7) is 13.9. The number of carbonyl (C=O) groups is 1. The maximum Gasteiger partial charge on any atom is 0.321 e. The summed E-state index contributed by atoms with van der Waals surface area (Å²) in [5.41, 5.74) is 7.50. The average Bonchev–Trinajstić information content (AvgIpc) is 3.65. The van der Waals surface area contributed by atoms with E-state index in [1.165, 1.54) is 17.5 Å². The van der Waals surface area contributed by atoms with E-state index in [2.05, 4.69) is 33.4 Å². The summed E-state index contributed by atoms with van der Waals surface area (Å²) in [7, 11) is 0. The van der Waals surface area contributed by atoms with E-state index >= 15 is 0 Å². The summed E-state index contributed by atoms with van der Waals surface area (Å²) in [6.07, 6.45) is 10.8. The minimum atomic E-state index is -1.16. The number of aliphatic carboxylic acids is 1. The molecule has 0 aromatic rings. The summed E-state index contributed by atoms with van der Waals surface area (Å²) < 4.78 is 35.2. The van der Waals surface area contributed by atoms with Gasteiger partial charge in [-0.2, -0.15) is 11.8 Å². The van der Waals surface area contributed by atoms with Crippen LogP contribution in [0.15, 0.2) is 28.8 Å². The first-order valence-electron chi connectivity index (χ1n) is 22.4. The Morgan fingerprint density at radius 3 is 2.50 bits per heavy atom. The number of fused-ring (bicyclic) bond motifs is 6. The van der Waals surface area contributed by atoms with Crippen LogP contribution in [-0.4, -0.2) is 116 Å². The van der Waals surface area contributed by atoms with Gasteiger partial charge in [0.1, 0.15) is 17.7 Å². The van der Waals surface area contributed by atoms with Gasteiger partial charge in [-0.15, -0.1) is 0 Å². The number of carboxylic acid groups (broad SMARTS) is 1. The number of rotatable bonds is 6. The molecule has 7 bridgehead atoms. The molecule has 326 valence electrons. The molecule has 4 spiro atoms. The molecule has 0 amide bonds. The summed E-state index contributed by atoms with van der Waals surface area (Å²) in [5, 5.41) is 44.8. The first-order chi connectivity index (χ1) is 27.5. The van der Waals surface area contributed by atoms with E-state index in [1.54, 1.807) is 0 Å². The predicted molar refractivity (Wildman–Crippen MR) is 221 cm³/mol. The smallest absolute Gasteiger partial charge is 0.321 e. The lowest BCUT2D eigenvalue weighted by atomic mass is 9.57. The zero-order chi connectivity index (χ0) is 41.3. The highest BCUT2D eigenvalue weighted by Gasteiger charge is 2.66. The maximum atomic E-state index is 12.0. The van der Waals surface area contributed by atoms with E-state index in [9.17, 15) is 25.2 Å². The highest BCUT2D eigenvalue weighted by Crippen LogP contribution is 2.59. The molecule has 0 aromatic carbocycles. The number of aliphatic imine (C=N–C) groups is 1. The molecule has 16 atom stereocenters. The fourth-order valence-corrected chi connectivity index (χ4v) is 13.1. The minimum absolute atomic E-state index is 0.0801. The lowest BCUT2D eigenvalue weighted by Crippen LogP contribution is -2.60. The number of nitrogens with two attached hydrogens (primary N) is 1. The molecule has 12 nitrogen and oxygen atoms in total. The van der Waals surface area contributed by atoms with Gasteiger partial charge in [0.05, 0.1) is 30.5 Å². The van der Waals surface area contributed by atoms with Gasteiger partial charge in [0.25, 0.3) is 0 Å². The molecule has 6 N–H and O–H groups in total. The highest BCUT2D eigenvalue weighted by atomic mass is 32.2. The lowest BCUT2D eigenvalue weighted by molar-refractivity contribution is -0.403. The van der Waals surface area contributed by atoms with Crippen molar-refractivity contribution in [3.05, 3.63) is 23.8 Å². The van der Waals surface area contributed by atoms with Gasteiger partial charge in [-0.3, -0.25) is 9.79 Å². The topological polar surface area (TPSA) is 183 Å². The number of carboxylic acids is 1. The van der Waals surface area contributed by atoms with E-state index in [4.69, 9.17) is 34.4 Å². The van der Waals surface area contributed by atoms with Crippen molar-refractivity contribution in [1.82, 2.24) is 0 Å². The van der Waals surface area contributed by atoms with Crippen LogP contribution in [0.4, 0.5) is 0 Å². The summed E-state index contributed by atoms with van der Waals surface area (Å²) in [6, 6.07) is -0.995. The standard InChI is InChI=1S/C45H70N2O10S/c1-26-8-6-10-36-42(20-27(2)29(4)23-47-36)15-11-30(35(48)25-58-24-34(46)40(50)51)19-33(42)38-39-37(49)28(3)21-44(55-38,56-39)22-32-9-7-13-43(53-32)16-17-45(57-43)41(5,52)14-12-31(18-26)54-45/h19,27-29,31-35,37-39,48-49,52H,1,6-18,20-25,46H2,2-5H3,(H,50,51)/t27-,28+,29-,31-,32+,33-,34-,35+,37+,38-,39+,41+,42+,43+,44+,45+/m0/s1. The second-order valence-corrected chi connectivity index (χ2v) is 21.2. The lowest BCUT2D eigenvalue weighted by Gasteiger charge is -2.50. The van der Waals surface area contributed by atoms with Crippen LogP contribution in [0.25, 0.3) is 0 Å². The monoisotopic (exact) mass is 830 g/mol. The molecule has 0 saturated carbocycles. The van der Waals surface area contributed by atoms with Crippen LogP contribution >= 0.6 is 11.8 Å². The van der Waals surface area contributed by atoms with Gasteiger partial charge in [-0.1, -0.05) is 39.0 Å². The van der Waals surface area contributed by atoms with Gasteiger partial charge < -0.3 is 49.8 Å². The molecular formula is C45H70N2O10S. The first kappa shape index (κ1) is 43.3. The third-order valence-corrected chi connectivity index (χ3v) is 16.9. The number of nitrogens with zero attached hydrogens (tertiary/aromatic N) is 1. The number of thioether (sulfide) groups is 1. The van der Waals surface area contributed by atoms with Crippen LogP contribution in [-0.2, 0) is 28.5 Å². The first-order valence-corrected chi connectivity index (χ1v) is 23.6. The van der Waals surface area contributed by atoms with Crippen molar-refractivity contribution in [1.29, 1.82) is 0 Å². The zero-order valence-corrected chi connectivity index (χ0v) is 36.1. The molecule has 0 aromatic heterocycles. The van der Waals surface area contributed by atoms with Crippen molar-refractivity contribution in [3.63, 3.8) is 0 Å². The third kappa shape index (κ3) is 8.05. The van der Waals surface area contributed by atoms with E-state index in [0.29, 0.717) is 62.5 Å². The SMILES string of the molecule is C=C1CCCC2=NC[C@H](C)[C@@H](C)C[C@@]23CCC([C@H](O)CSC[C@H](N)C(=O)O)=C[C@H]3[C@@H]2O[C@]3(C[C@H]4CCC[C@@]5(CC[C@@]6(O[C@@H](CC[C@@]6(C)O)C1)O5)O4)C[C@@H](C)[C@@H](O)[C@H]2O3. The Balaban J connectivity index is 1.18. The van der Waals surface area contributed by atoms with E-state index in [1.807, 2.05) is 6.92 Å². The molecule has 0 radical (unpaired) electrons. The van der Waals surface area contributed by atoms with Crippen molar-refractivity contribution in [2.75, 3.05) is 18.1 Å². The Bertz CT molecular complexity index is 1620. The van der Waals surface area contributed by atoms with E-state index in [0.717, 1.165) is 75.5 Å². The summed E-state index contributed by atoms with van der Waals surface area (Å²) >= 11 is 1.35. The zero-order valence-electron chi connectivity index (χ0n) is 35.2. The summed E-state index contributed by atoms with van der Waals surface area (Å²) in [4.78, 5) is 16.9. The Morgan fingerprint density at radius 2 is 1.71 bits per heavy atom. The van der Waals surface area contributed by atoms with Crippen molar-refractivity contribution < 1.29 is 48.9 Å². The fraction of sp³-hybridized carbons (Fsp3) is 0.867. The molecule has 0 unspecified atom stereocenters. The Morgan fingerprint density at radius 1 is 0.914 bits per heavy atom. The van der Waals surface area contributed by atoms with Gasteiger partial charge in [-0.05, 0) is 101 Å². The Kier molecular flexibility index (Phi) is 12.2. The second kappa shape index (κ2) is 16.4. The number of hydrogen-bond acceptors (Lipinski definition) is 12. The van der Waals surface area contributed by atoms with Crippen LogP contribution in [0.2, 0.25) is 0 Å². The third-order valence-electron chi connectivity index (χ3n) is 15.7. The molecule has 58 heavy (non-hydrogen) atoms. The average molecular weight is 831 g/mol. The van der Waals surface area contributed by atoms with Crippen molar-refractivity contribution in [2.45, 2.75) is 196 Å². The van der Waals surface area contributed by atoms with Crippen molar-refractivity contribution >= 4 is 23.4 Å². The van der Waals surface area contributed by atoms with Crippen LogP contribution in [0.1, 0.15) is 130 Å². The van der Waals surface area contributed by atoms with Crippen LogP contribution < -0.4 is 5.73 Å². The molecule has 7 heterocycles. The van der Waals surface area contributed by atoms with Gasteiger partial charge in [0, 0.05) is 67.2 Å². The molecule has 6 fully saturated rings. The molecule has 6 saturated heterocycles. The molecule has 8 rings (SSSR count). The van der Waals surface area contributed by atoms with Crippen LogP contribution in [0.3, 0.4) is 0 Å². The number of aliphatic hydroxyl groups excluding tert-OH is 2. The van der Waals surface area contributed by atoms with Gasteiger partial charge in [-0.25, -0.2) is 0 Å². The fourth-order valence-electron chi connectivity index (χ4n) is 12.1. The maximum absolute atomic E-state index is 12.0. The van der Waals surface area contributed by atoms with Crippen LogP contribution in [0.5, 0.6) is 0 Å². The van der Waals surface area contributed by atoms with E-state index in [-0.39, 0.29) is 35.2 Å². The molecule has 1 aliphatic carbocycles. The van der Waals surface area contributed by atoms with Gasteiger partial charge in [0.15, 0.2) is 11.6 Å². The Hall–Kier alpha value is -1.39. The highest BCUT2D eigenvalue weighted by molar-refractivity contribution is 7.99. The largest absolute Gasteiger partial charge is 0.480 e. The number of ether oxygens (including phenoxy) is 5. The number of hydrogen-bond donors (Lipinski definition) is 5. The molecule has 13 heteroatoms. The Labute approximate surface area is 349 Å². The molecule has 7 aliphatic heterocycles. The van der Waals surface area contributed by atoms with Crippen LogP contribution in [0, 0.1) is 29.1 Å². The predicted octanol–water partition coefficient (Wildman–Crippen LogP) is 6.04.